The molecule has 114 valence electrons. The fourth-order valence-corrected chi connectivity index (χ4v) is 2.46. The van der Waals surface area contributed by atoms with E-state index >= 15 is 0 Å². The number of nitrogens with one attached hydrogen (secondary N) is 1. The lowest BCUT2D eigenvalue weighted by atomic mass is 10.1. The van der Waals surface area contributed by atoms with Crippen molar-refractivity contribution in [1.29, 1.82) is 0 Å². The molecule has 22 heavy (non-hydrogen) atoms. The Labute approximate surface area is 147 Å². The first kappa shape index (κ1) is 17.1. The molecule has 0 aliphatic carbocycles. The highest BCUT2D eigenvalue weighted by atomic mass is 35.5. The Morgan fingerprint density at radius 3 is 2.23 bits per heavy atom. The number of rotatable bonds is 3. The van der Waals surface area contributed by atoms with Gasteiger partial charge in [-0.05, 0) is 37.3 Å². The van der Waals surface area contributed by atoms with Crippen LogP contribution >= 0.6 is 46.4 Å². The minimum Gasteiger partial charge on any atom is -0.267 e. The van der Waals surface area contributed by atoms with E-state index in [0.717, 1.165) is 0 Å². The zero-order valence-corrected chi connectivity index (χ0v) is 14.4. The molecule has 0 atom stereocenters. The highest BCUT2D eigenvalue weighted by molar-refractivity contribution is 6.49. The molecule has 1 N–H and O–H groups in total. The van der Waals surface area contributed by atoms with Crippen LogP contribution in [0.2, 0.25) is 20.1 Å². The van der Waals surface area contributed by atoms with Gasteiger partial charge < -0.3 is 0 Å². The highest BCUT2D eigenvalue weighted by Gasteiger charge is 2.11. The smallest absolute Gasteiger partial charge is 0.267 e. The molecule has 0 unspecified atom stereocenters. The maximum atomic E-state index is 12.0. The molecule has 0 radical (unpaired) electrons. The lowest BCUT2D eigenvalue weighted by molar-refractivity contribution is 0.0955. The first-order valence-electron chi connectivity index (χ1n) is 6.14. The van der Waals surface area contributed by atoms with Gasteiger partial charge in [-0.3, -0.25) is 4.79 Å². The summed E-state index contributed by atoms with van der Waals surface area (Å²) in [5.74, 6) is -0.354. The Hall–Kier alpha value is -1.26. The molecule has 0 spiro atoms. The summed E-state index contributed by atoms with van der Waals surface area (Å²) in [5, 5.41) is 5.47. The first-order chi connectivity index (χ1) is 10.4. The molecule has 0 saturated heterocycles. The normalized spacial score (nSPS) is 11.4. The van der Waals surface area contributed by atoms with Gasteiger partial charge in [0.25, 0.3) is 5.91 Å². The van der Waals surface area contributed by atoms with E-state index in [1.807, 2.05) is 0 Å². The first-order valence-corrected chi connectivity index (χ1v) is 7.65. The SMILES string of the molecule is C/C(=N/NC(=O)c1ccc(Cl)cc1)c1ccc(Cl)c(Cl)c1Cl. The van der Waals surface area contributed by atoms with Gasteiger partial charge >= 0.3 is 0 Å². The van der Waals surface area contributed by atoms with Gasteiger partial charge in [-0.15, -0.1) is 0 Å². The molecule has 0 saturated carbocycles. The van der Waals surface area contributed by atoms with Gasteiger partial charge in [-0.1, -0.05) is 52.5 Å². The topological polar surface area (TPSA) is 41.5 Å². The maximum absolute atomic E-state index is 12.0. The Morgan fingerprint density at radius 2 is 1.59 bits per heavy atom. The predicted molar refractivity (Wildman–Crippen MR) is 92.6 cm³/mol. The van der Waals surface area contributed by atoms with Crippen molar-refractivity contribution in [2.75, 3.05) is 0 Å². The van der Waals surface area contributed by atoms with Gasteiger partial charge in [0.2, 0.25) is 0 Å². The van der Waals surface area contributed by atoms with Crippen molar-refractivity contribution in [1.82, 2.24) is 5.43 Å². The summed E-state index contributed by atoms with van der Waals surface area (Å²) in [7, 11) is 0. The Bertz CT molecular complexity index is 742. The lowest BCUT2D eigenvalue weighted by Gasteiger charge is -2.07. The Morgan fingerprint density at radius 1 is 0.955 bits per heavy atom. The zero-order chi connectivity index (χ0) is 16.3. The van der Waals surface area contributed by atoms with E-state index in [9.17, 15) is 4.79 Å². The molecule has 3 nitrogen and oxygen atoms in total. The van der Waals surface area contributed by atoms with Crippen molar-refractivity contribution in [3.05, 3.63) is 67.6 Å². The summed E-state index contributed by atoms with van der Waals surface area (Å²) < 4.78 is 0. The van der Waals surface area contributed by atoms with Crippen molar-refractivity contribution in [3.8, 4) is 0 Å². The van der Waals surface area contributed by atoms with Crippen LogP contribution in [0.25, 0.3) is 0 Å². The van der Waals surface area contributed by atoms with Crippen LogP contribution in [0.5, 0.6) is 0 Å². The van der Waals surface area contributed by atoms with Crippen LogP contribution in [0.1, 0.15) is 22.8 Å². The van der Waals surface area contributed by atoms with Crippen LogP contribution in [0.15, 0.2) is 41.5 Å². The standard InChI is InChI=1S/C15H10Cl4N2O/c1-8(11-6-7-12(17)14(19)13(11)18)20-21-15(22)9-2-4-10(16)5-3-9/h2-7H,1H3,(H,21,22)/b20-8-. The summed E-state index contributed by atoms with van der Waals surface area (Å²) >= 11 is 23.7. The van der Waals surface area contributed by atoms with Crippen LogP contribution in [0.3, 0.4) is 0 Å². The van der Waals surface area contributed by atoms with Gasteiger partial charge in [0.05, 0.1) is 20.8 Å². The molecule has 0 aliphatic heterocycles. The molecular weight excluding hydrogens is 366 g/mol. The van der Waals surface area contributed by atoms with Crippen LogP contribution in [-0.4, -0.2) is 11.6 Å². The second-order valence-electron chi connectivity index (χ2n) is 4.37. The number of hydrogen-bond acceptors (Lipinski definition) is 2. The Balaban J connectivity index is 2.18. The zero-order valence-electron chi connectivity index (χ0n) is 11.3. The van der Waals surface area contributed by atoms with Gasteiger partial charge in [0.15, 0.2) is 0 Å². The molecule has 2 aromatic carbocycles. The largest absolute Gasteiger partial charge is 0.271 e. The molecule has 0 aromatic heterocycles. The number of halogens is 4. The third-order valence-electron chi connectivity index (χ3n) is 2.86. The van der Waals surface area contributed by atoms with E-state index in [2.05, 4.69) is 10.5 Å². The average molecular weight is 376 g/mol. The number of amides is 1. The van der Waals surface area contributed by atoms with Gasteiger partial charge in [-0.2, -0.15) is 5.10 Å². The molecule has 2 rings (SSSR count). The predicted octanol–water partition coefficient (Wildman–Crippen LogP) is 5.45. The summed E-state index contributed by atoms with van der Waals surface area (Å²) in [5.41, 5.74) is 3.99. The minimum absolute atomic E-state index is 0.249. The van der Waals surface area contributed by atoms with Crippen LogP contribution in [0, 0.1) is 0 Å². The fourth-order valence-electron chi connectivity index (χ4n) is 1.67. The molecule has 0 heterocycles. The average Bonchev–Trinajstić information content (AvgIpc) is 2.51. The van der Waals surface area contributed by atoms with Gasteiger partial charge in [0.1, 0.15) is 0 Å². The van der Waals surface area contributed by atoms with E-state index in [1.54, 1.807) is 43.3 Å². The summed E-state index contributed by atoms with van der Waals surface area (Å²) in [4.78, 5) is 12.0. The maximum Gasteiger partial charge on any atom is 0.271 e. The number of hydrogen-bond donors (Lipinski definition) is 1. The molecule has 1 amide bonds. The summed E-state index contributed by atoms with van der Waals surface area (Å²) in [6, 6.07) is 9.77. The van der Waals surface area contributed by atoms with Crippen molar-refractivity contribution < 1.29 is 4.79 Å². The lowest BCUT2D eigenvalue weighted by Crippen LogP contribution is -2.19. The second kappa shape index (κ2) is 7.34. The highest BCUT2D eigenvalue weighted by Crippen LogP contribution is 2.32. The quantitative estimate of drug-likeness (QED) is 0.432. The molecule has 0 fully saturated rings. The van der Waals surface area contributed by atoms with E-state index < -0.39 is 0 Å². The molecule has 0 bridgehead atoms. The van der Waals surface area contributed by atoms with Crippen molar-refractivity contribution >= 4 is 58.0 Å². The van der Waals surface area contributed by atoms with E-state index in [0.29, 0.717) is 26.9 Å². The van der Waals surface area contributed by atoms with E-state index in [-0.39, 0.29) is 16.0 Å². The number of carbonyl (C=O) groups excluding carboxylic acids is 1. The summed E-state index contributed by atoms with van der Waals surface area (Å²) in [6.45, 7) is 1.70. The van der Waals surface area contributed by atoms with E-state index in [1.165, 1.54) is 0 Å². The van der Waals surface area contributed by atoms with Gasteiger partial charge in [-0.25, -0.2) is 5.43 Å². The van der Waals surface area contributed by atoms with Crippen LogP contribution in [0.4, 0.5) is 0 Å². The third-order valence-corrected chi connectivity index (χ3v) is 4.40. The molecule has 0 aliphatic rings. The second-order valence-corrected chi connectivity index (χ2v) is 5.97. The van der Waals surface area contributed by atoms with E-state index in [4.69, 9.17) is 46.4 Å². The van der Waals surface area contributed by atoms with Crippen molar-refractivity contribution in [2.45, 2.75) is 6.92 Å². The van der Waals surface area contributed by atoms with Gasteiger partial charge in [0, 0.05) is 16.1 Å². The third kappa shape index (κ3) is 3.93. The fraction of sp³-hybridized carbons (Fsp3) is 0.0667. The molecule has 7 heteroatoms. The van der Waals surface area contributed by atoms with Crippen LogP contribution in [-0.2, 0) is 0 Å². The number of nitrogens with zero attached hydrogens (tertiary/aromatic N) is 1. The minimum atomic E-state index is -0.354. The molecule has 2 aromatic rings. The summed E-state index contributed by atoms with van der Waals surface area (Å²) in [6.07, 6.45) is 0. The number of hydrazone groups is 1. The van der Waals surface area contributed by atoms with Crippen molar-refractivity contribution in [3.63, 3.8) is 0 Å². The Kier molecular flexibility index (Phi) is 5.70. The molecular formula is C15H10Cl4N2O. The number of carbonyl (C=O) groups is 1. The van der Waals surface area contributed by atoms with Crippen LogP contribution < -0.4 is 5.43 Å². The van der Waals surface area contributed by atoms with Crippen molar-refractivity contribution in [2.24, 2.45) is 5.10 Å². The number of benzene rings is 2. The monoisotopic (exact) mass is 374 g/mol.